The Labute approximate surface area is 114 Å². The molecule has 5 heteroatoms. The van der Waals surface area contributed by atoms with E-state index in [4.69, 9.17) is 11.6 Å². The minimum absolute atomic E-state index is 0.185. The quantitative estimate of drug-likeness (QED) is 0.673. The van der Waals surface area contributed by atoms with E-state index in [2.05, 4.69) is 9.97 Å². The van der Waals surface area contributed by atoms with Crippen LogP contribution in [0, 0.1) is 0 Å². The van der Waals surface area contributed by atoms with Gasteiger partial charge in [-0.05, 0) is 12.1 Å². The van der Waals surface area contributed by atoms with Gasteiger partial charge in [0, 0.05) is 11.5 Å². The van der Waals surface area contributed by atoms with Crippen molar-refractivity contribution in [1.82, 2.24) is 14.5 Å². The zero-order chi connectivity index (χ0) is 13.2. The predicted octanol–water partition coefficient (Wildman–Crippen LogP) is 2.49. The van der Waals surface area contributed by atoms with Crippen LogP contribution in [0.1, 0.15) is 5.69 Å². The number of hydrogen-bond donors (Lipinski definition) is 0. The molecule has 0 radical (unpaired) electrons. The number of para-hydroxylation sites is 1. The number of fused-ring (bicyclic) bond motifs is 1. The summed E-state index contributed by atoms with van der Waals surface area (Å²) in [5.41, 5.74) is 1.54. The molecule has 2 aromatic heterocycles. The standard InChI is InChI=1S/C14H10ClN3O/c15-13-7-14(19)18(9-16-13)8-11-6-5-10-3-1-2-4-12(10)17-11/h1-7,9H,8H2. The fraction of sp³-hybridized carbons (Fsp3) is 0.0714. The molecule has 19 heavy (non-hydrogen) atoms. The normalized spacial score (nSPS) is 10.8. The molecular weight excluding hydrogens is 262 g/mol. The van der Waals surface area contributed by atoms with Crippen LogP contribution in [-0.2, 0) is 6.54 Å². The second-order valence-corrected chi connectivity index (χ2v) is 4.56. The lowest BCUT2D eigenvalue weighted by Gasteiger charge is -2.05. The first-order valence-electron chi connectivity index (χ1n) is 5.79. The van der Waals surface area contributed by atoms with Crippen LogP contribution in [0.25, 0.3) is 10.9 Å². The van der Waals surface area contributed by atoms with E-state index in [1.807, 2.05) is 36.4 Å². The van der Waals surface area contributed by atoms with Crippen molar-refractivity contribution >= 4 is 22.5 Å². The third kappa shape index (κ3) is 2.48. The highest BCUT2D eigenvalue weighted by atomic mass is 35.5. The molecule has 94 valence electrons. The summed E-state index contributed by atoms with van der Waals surface area (Å²) < 4.78 is 1.48. The maximum absolute atomic E-state index is 11.7. The van der Waals surface area contributed by atoms with E-state index in [1.165, 1.54) is 17.0 Å². The van der Waals surface area contributed by atoms with Gasteiger partial charge in [-0.1, -0.05) is 35.9 Å². The first-order valence-corrected chi connectivity index (χ1v) is 6.17. The molecule has 0 atom stereocenters. The summed E-state index contributed by atoms with van der Waals surface area (Å²) in [6.45, 7) is 0.383. The SMILES string of the molecule is O=c1cc(Cl)ncn1Cc1ccc2ccccc2n1. The van der Waals surface area contributed by atoms with Gasteiger partial charge in [-0.15, -0.1) is 0 Å². The van der Waals surface area contributed by atoms with Gasteiger partial charge in [0.15, 0.2) is 0 Å². The highest BCUT2D eigenvalue weighted by molar-refractivity contribution is 6.29. The van der Waals surface area contributed by atoms with E-state index in [9.17, 15) is 4.79 Å². The number of benzene rings is 1. The van der Waals surface area contributed by atoms with Crippen LogP contribution in [0.5, 0.6) is 0 Å². The highest BCUT2D eigenvalue weighted by Gasteiger charge is 2.02. The molecule has 0 bridgehead atoms. The van der Waals surface area contributed by atoms with Gasteiger partial charge in [0.1, 0.15) is 5.15 Å². The van der Waals surface area contributed by atoms with E-state index in [0.717, 1.165) is 16.6 Å². The van der Waals surface area contributed by atoms with Crippen molar-refractivity contribution in [2.45, 2.75) is 6.54 Å². The second-order valence-electron chi connectivity index (χ2n) is 4.17. The Kier molecular flexibility index (Phi) is 3.01. The molecule has 4 nitrogen and oxygen atoms in total. The van der Waals surface area contributed by atoms with Crippen LogP contribution in [0.2, 0.25) is 5.15 Å². The van der Waals surface area contributed by atoms with Gasteiger partial charge in [0.05, 0.1) is 24.1 Å². The average molecular weight is 272 g/mol. The van der Waals surface area contributed by atoms with E-state index in [1.54, 1.807) is 0 Å². The van der Waals surface area contributed by atoms with Crippen molar-refractivity contribution in [1.29, 1.82) is 0 Å². The summed E-state index contributed by atoms with van der Waals surface area (Å²) in [6.07, 6.45) is 1.43. The first-order chi connectivity index (χ1) is 9.22. The molecular formula is C14H10ClN3O. The lowest BCUT2D eigenvalue weighted by Crippen LogP contribution is -2.20. The molecule has 0 saturated carbocycles. The zero-order valence-electron chi connectivity index (χ0n) is 9.95. The summed E-state index contributed by atoms with van der Waals surface area (Å²) in [7, 11) is 0. The van der Waals surface area contributed by atoms with Crippen molar-refractivity contribution in [2.75, 3.05) is 0 Å². The molecule has 0 saturated heterocycles. The molecule has 0 aliphatic carbocycles. The third-order valence-corrected chi connectivity index (χ3v) is 3.04. The Balaban J connectivity index is 1.99. The maximum Gasteiger partial charge on any atom is 0.255 e. The predicted molar refractivity (Wildman–Crippen MR) is 74.4 cm³/mol. The second kappa shape index (κ2) is 4.82. The van der Waals surface area contributed by atoms with E-state index < -0.39 is 0 Å². The third-order valence-electron chi connectivity index (χ3n) is 2.83. The average Bonchev–Trinajstić information content (AvgIpc) is 2.42. The monoisotopic (exact) mass is 271 g/mol. The van der Waals surface area contributed by atoms with Crippen molar-refractivity contribution in [2.24, 2.45) is 0 Å². The van der Waals surface area contributed by atoms with E-state index in [0.29, 0.717) is 6.54 Å². The number of rotatable bonds is 2. The minimum Gasteiger partial charge on any atom is -0.293 e. The largest absolute Gasteiger partial charge is 0.293 e. The molecule has 2 heterocycles. The van der Waals surface area contributed by atoms with Gasteiger partial charge in [-0.3, -0.25) is 14.3 Å². The molecule has 0 N–H and O–H groups in total. The molecule has 3 aromatic rings. The number of halogens is 1. The summed E-state index contributed by atoms with van der Waals surface area (Å²) >= 11 is 5.66. The highest BCUT2D eigenvalue weighted by Crippen LogP contribution is 2.12. The lowest BCUT2D eigenvalue weighted by atomic mass is 10.2. The summed E-state index contributed by atoms with van der Waals surface area (Å²) in [5, 5.41) is 1.28. The number of hydrogen-bond acceptors (Lipinski definition) is 3. The van der Waals surface area contributed by atoms with Gasteiger partial charge in [0.25, 0.3) is 5.56 Å². The van der Waals surface area contributed by atoms with Gasteiger partial charge in [-0.2, -0.15) is 0 Å². The van der Waals surface area contributed by atoms with Gasteiger partial charge in [0.2, 0.25) is 0 Å². The van der Waals surface area contributed by atoms with Crippen molar-refractivity contribution in [3.05, 3.63) is 70.0 Å². The summed E-state index contributed by atoms with van der Waals surface area (Å²) in [4.78, 5) is 20.1. The topological polar surface area (TPSA) is 47.8 Å². The number of nitrogens with zero attached hydrogens (tertiary/aromatic N) is 3. The van der Waals surface area contributed by atoms with E-state index >= 15 is 0 Å². The van der Waals surface area contributed by atoms with Crippen LogP contribution in [-0.4, -0.2) is 14.5 Å². The Morgan fingerprint density at radius 1 is 1.16 bits per heavy atom. The summed E-state index contributed by atoms with van der Waals surface area (Å²) in [5.74, 6) is 0. The van der Waals surface area contributed by atoms with Crippen molar-refractivity contribution < 1.29 is 0 Å². The molecule has 0 spiro atoms. The fourth-order valence-electron chi connectivity index (χ4n) is 1.89. The number of pyridine rings is 1. The molecule has 0 amide bonds. The molecule has 0 aliphatic heterocycles. The Hall–Kier alpha value is -2.20. The molecule has 0 aliphatic rings. The Bertz CT molecular complexity index is 798. The zero-order valence-corrected chi connectivity index (χ0v) is 10.7. The van der Waals surface area contributed by atoms with Gasteiger partial charge >= 0.3 is 0 Å². The number of aromatic nitrogens is 3. The fourth-order valence-corrected chi connectivity index (χ4v) is 2.03. The van der Waals surface area contributed by atoms with Gasteiger partial charge in [-0.25, -0.2) is 4.98 Å². The van der Waals surface area contributed by atoms with E-state index in [-0.39, 0.29) is 10.7 Å². The molecule has 1 aromatic carbocycles. The summed E-state index contributed by atoms with van der Waals surface area (Å²) in [6, 6.07) is 13.0. The van der Waals surface area contributed by atoms with Crippen molar-refractivity contribution in [3.8, 4) is 0 Å². The van der Waals surface area contributed by atoms with Gasteiger partial charge < -0.3 is 0 Å². The first kappa shape index (κ1) is 11.9. The minimum atomic E-state index is -0.185. The molecule has 0 unspecified atom stereocenters. The van der Waals surface area contributed by atoms with Crippen LogP contribution in [0.4, 0.5) is 0 Å². The van der Waals surface area contributed by atoms with Crippen LogP contribution in [0.15, 0.2) is 53.6 Å². The lowest BCUT2D eigenvalue weighted by molar-refractivity contribution is 0.721. The van der Waals surface area contributed by atoms with Crippen molar-refractivity contribution in [3.63, 3.8) is 0 Å². The Morgan fingerprint density at radius 2 is 2.00 bits per heavy atom. The smallest absolute Gasteiger partial charge is 0.255 e. The molecule has 3 rings (SSSR count). The maximum atomic E-state index is 11.7. The van der Waals surface area contributed by atoms with Crippen LogP contribution < -0.4 is 5.56 Å². The van der Waals surface area contributed by atoms with Crippen LogP contribution in [0.3, 0.4) is 0 Å². The Morgan fingerprint density at radius 3 is 2.84 bits per heavy atom. The molecule has 0 fully saturated rings. The van der Waals surface area contributed by atoms with Crippen LogP contribution >= 0.6 is 11.6 Å².